The van der Waals surface area contributed by atoms with Gasteiger partial charge in [-0.2, -0.15) is 0 Å². The van der Waals surface area contributed by atoms with Crippen LogP contribution in [0.2, 0.25) is 0 Å². The number of benzene rings is 1. The van der Waals surface area contributed by atoms with E-state index in [1.165, 1.54) is 18.2 Å². The Morgan fingerprint density at radius 3 is 2.36 bits per heavy atom. The van der Waals surface area contributed by atoms with Crippen molar-refractivity contribution in [2.75, 3.05) is 7.11 Å². The second-order valence-electron chi connectivity index (χ2n) is 8.52. The molecule has 0 unspecified atom stereocenters. The summed E-state index contributed by atoms with van der Waals surface area (Å²) in [6.45, 7) is 10.4. The van der Waals surface area contributed by atoms with Gasteiger partial charge in [-0.05, 0) is 70.3 Å². The largest absolute Gasteiger partial charge is 0.495 e. The molecule has 0 amide bonds. The molecule has 0 aromatic heterocycles. The van der Waals surface area contributed by atoms with E-state index in [-0.39, 0.29) is 24.3 Å². The Bertz CT molecular complexity index is 646. The monoisotopic (exact) mass is 344 g/mol. The van der Waals surface area contributed by atoms with Gasteiger partial charge in [0.05, 0.1) is 18.3 Å². The molecule has 1 aliphatic carbocycles. The van der Waals surface area contributed by atoms with Crippen molar-refractivity contribution in [1.82, 2.24) is 0 Å². The van der Waals surface area contributed by atoms with Crippen LogP contribution in [-0.2, 0) is 18.8 Å². The Kier molecular flexibility index (Phi) is 4.76. The van der Waals surface area contributed by atoms with Crippen LogP contribution in [0.3, 0.4) is 0 Å². The van der Waals surface area contributed by atoms with Crippen LogP contribution in [0.4, 0.5) is 0 Å². The number of esters is 1. The summed E-state index contributed by atoms with van der Waals surface area (Å²) in [6.07, 6.45) is 2.62. The number of aryl methyl sites for hydroxylation is 1. The standard InChI is InChI=1S/C20H29BO4/c1-13-7-8-15(16-9-14(10-16)11-18(22)23-6)12-17(13)21-24-19(2,3)20(4,5)25-21/h7-8,12,14,16H,9-11H2,1-6H3/t14-,16+. The highest BCUT2D eigenvalue weighted by molar-refractivity contribution is 6.62. The predicted octanol–water partition coefficient (Wildman–Crippen LogP) is 3.35. The smallest absolute Gasteiger partial charge is 0.469 e. The van der Waals surface area contributed by atoms with Crippen molar-refractivity contribution in [1.29, 1.82) is 0 Å². The average Bonchev–Trinajstić information content (AvgIpc) is 2.71. The number of hydrogen-bond acceptors (Lipinski definition) is 4. The third-order valence-corrected chi connectivity index (χ3v) is 6.20. The molecular weight excluding hydrogens is 315 g/mol. The number of hydrogen-bond donors (Lipinski definition) is 0. The molecule has 0 bridgehead atoms. The summed E-state index contributed by atoms with van der Waals surface area (Å²) in [5.41, 5.74) is 2.96. The van der Waals surface area contributed by atoms with E-state index in [1.54, 1.807) is 0 Å². The van der Waals surface area contributed by atoms with Crippen molar-refractivity contribution in [3.05, 3.63) is 29.3 Å². The second-order valence-corrected chi connectivity index (χ2v) is 8.52. The number of rotatable bonds is 4. The maximum absolute atomic E-state index is 11.4. The van der Waals surface area contributed by atoms with Crippen molar-refractivity contribution < 1.29 is 18.8 Å². The summed E-state index contributed by atoms with van der Waals surface area (Å²) in [5.74, 6) is 0.848. The van der Waals surface area contributed by atoms with Crippen LogP contribution in [0.5, 0.6) is 0 Å². The summed E-state index contributed by atoms with van der Waals surface area (Å²) < 4.78 is 17.2. The van der Waals surface area contributed by atoms with Crippen LogP contribution < -0.4 is 5.46 Å². The Labute approximate surface area is 151 Å². The van der Waals surface area contributed by atoms with Crippen molar-refractivity contribution in [2.45, 2.75) is 71.0 Å². The highest BCUT2D eigenvalue weighted by Gasteiger charge is 2.52. The fourth-order valence-corrected chi connectivity index (χ4v) is 3.63. The Balaban J connectivity index is 1.72. The number of carbonyl (C=O) groups is 1. The minimum Gasteiger partial charge on any atom is -0.469 e. The van der Waals surface area contributed by atoms with E-state index in [9.17, 15) is 4.79 Å². The van der Waals surface area contributed by atoms with Gasteiger partial charge >= 0.3 is 13.1 Å². The molecular formula is C20H29BO4. The fraction of sp³-hybridized carbons (Fsp3) is 0.650. The SMILES string of the molecule is COC(=O)C[C@H]1C[C@@H](c2ccc(C)c(B3OC(C)(C)C(C)(C)O3)c2)C1. The third-order valence-electron chi connectivity index (χ3n) is 6.20. The lowest BCUT2D eigenvalue weighted by Gasteiger charge is -2.35. The zero-order valence-corrected chi connectivity index (χ0v) is 16.2. The number of methoxy groups -OCH3 is 1. The van der Waals surface area contributed by atoms with E-state index in [2.05, 4.69) is 52.8 Å². The molecule has 3 rings (SSSR count). The van der Waals surface area contributed by atoms with Gasteiger partial charge in [0.1, 0.15) is 0 Å². The third kappa shape index (κ3) is 3.49. The highest BCUT2D eigenvalue weighted by Crippen LogP contribution is 2.43. The number of ether oxygens (including phenoxy) is 1. The summed E-state index contributed by atoms with van der Waals surface area (Å²) >= 11 is 0. The maximum atomic E-state index is 11.4. The van der Waals surface area contributed by atoms with Crippen LogP contribution >= 0.6 is 0 Å². The predicted molar refractivity (Wildman–Crippen MR) is 99.0 cm³/mol. The summed E-state index contributed by atoms with van der Waals surface area (Å²) in [7, 11) is 1.13. The molecule has 0 radical (unpaired) electrons. The first-order chi connectivity index (χ1) is 11.6. The first-order valence-electron chi connectivity index (χ1n) is 9.16. The van der Waals surface area contributed by atoms with Gasteiger partial charge in [0.2, 0.25) is 0 Å². The first-order valence-corrected chi connectivity index (χ1v) is 9.16. The molecule has 2 aliphatic rings. The molecule has 1 aromatic carbocycles. The first kappa shape index (κ1) is 18.5. The molecule has 0 spiro atoms. The van der Waals surface area contributed by atoms with E-state index in [1.807, 2.05) is 0 Å². The highest BCUT2D eigenvalue weighted by atomic mass is 16.7. The Hall–Kier alpha value is -1.33. The molecule has 136 valence electrons. The normalized spacial score (nSPS) is 27.0. The lowest BCUT2D eigenvalue weighted by Crippen LogP contribution is -2.41. The van der Waals surface area contributed by atoms with Gasteiger partial charge in [0.15, 0.2) is 0 Å². The van der Waals surface area contributed by atoms with E-state index in [0.29, 0.717) is 18.3 Å². The van der Waals surface area contributed by atoms with E-state index < -0.39 is 0 Å². The minimum atomic E-state index is -0.331. The summed E-state index contributed by atoms with van der Waals surface area (Å²) in [6, 6.07) is 6.59. The van der Waals surface area contributed by atoms with E-state index >= 15 is 0 Å². The zero-order valence-electron chi connectivity index (χ0n) is 16.2. The van der Waals surface area contributed by atoms with Crippen molar-refractivity contribution in [3.8, 4) is 0 Å². The molecule has 1 aromatic rings. The quantitative estimate of drug-likeness (QED) is 0.621. The minimum absolute atomic E-state index is 0.106. The summed E-state index contributed by atoms with van der Waals surface area (Å²) in [5, 5.41) is 0. The van der Waals surface area contributed by atoms with Crippen LogP contribution in [0.25, 0.3) is 0 Å². The van der Waals surface area contributed by atoms with Gasteiger partial charge in [-0.1, -0.05) is 23.8 Å². The van der Waals surface area contributed by atoms with Crippen LogP contribution in [0, 0.1) is 12.8 Å². The molecule has 1 heterocycles. The molecule has 2 fully saturated rings. The second kappa shape index (κ2) is 6.44. The molecule has 5 heteroatoms. The van der Waals surface area contributed by atoms with Gasteiger partial charge in [-0.3, -0.25) is 4.79 Å². The van der Waals surface area contributed by atoms with E-state index in [0.717, 1.165) is 18.3 Å². The molecule has 1 saturated carbocycles. The van der Waals surface area contributed by atoms with Crippen molar-refractivity contribution in [3.63, 3.8) is 0 Å². The van der Waals surface area contributed by atoms with Crippen LogP contribution in [-0.4, -0.2) is 31.4 Å². The zero-order chi connectivity index (χ0) is 18.4. The van der Waals surface area contributed by atoms with Crippen LogP contribution in [0.1, 0.15) is 64.0 Å². The summed E-state index contributed by atoms with van der Waals surface area (Å²) in [4.78, 5) is 11.4. The molecule has 0 N–H and O–H groups in total. The van der Waals surface area contributed by atoms with Gasteiger partial charge in [-0.25, -0.2) is 0 Å². The van der Waals surface area contributed by atoms with Gasteiger partial charge in [0, 0.05) is 6.42 Å². The van der Waals surface area contributed by atoms with Crippen molar-refractivity contribution in [2.24, 2.45) is 5.92 Å². The van der Waals surface area contributed by atoms with Gasteiger partial charge in [0.25, 0.3) is 0 Å². The lowest BCUT2D eigenvalue weighted by molar-refractivity contribution is -0.142. The molecule has 1 saturated heterocycles. The maximum Gasteiger partial charge on any atom is 0.495 e. The molecule has 1 aliphatic heterocycles. The Morgan fingerprint density at radius 2 is 1.80 bits per heavy atom. The number of carbonyl (C=O) groups excluding carboxylic acids is 1. The average molecular weight is 344 g/mol. The Morgan fingerprint density at radius 1 is 1.20 bits per heavy atom. The van der Waals surface area contributed by atoms with E-state index in [4.69, 9.17) is 14.0 Å². The van der Waals surface area contributed by atoms with Gasteiger partial charge < -0.3 is 14.0 Å². The topological polar surface area (TPSA) is 44.8 Å². The van der Waals surface area contributed by atoms with Crippen LogP contribution in [0.15, 0.2) is 18.2 Å². The lowest BCUT2D eigenvalue weighted by atomic mass is 9.67. The fourth-order valence-electron chi connectivity index (χ4n) is 3.63. The molecule has 0 atom stereocenters. The molecule has 25 heavy (non-hydrogen) atoms. The molecule has 4 nitrogen and oxygen atoms in total. The van der Waals surface area contributed by atoms with Gasteiger partial charge in [-0.15, -0.1) is 0 Å². The van der Waals surface area contributed by atoms with Crippen molar-refractivity contribution >= 4 is 18.6 Å².